The first-order chi connectivity index (χ1) is 7.20. The Kier molecular flexibility index (Phi) is 3.07. The summed E-state index contributed by atoms with van der Waals surface area (Å²) < 4.78 is 5.25. The maximum absolute atomic E-state index is 9.04. The van der Waals surface area contributed by atoms with E-state index in [2.05, 4.69) is 24.3 Å². The summed E-state index contributed by atoms with van der Waals surface area (Å²) in [6.45, 7) is 5.29. The summed E-state index contributed by atoms with van der Waals surface area (Å²) in [4.78, 5) is 0. The molecule has 2 N–H and O–H groups in total. The Morgan fingerprint density at radius 1 is 1.67 bits per heavy atom. The van der Waals surface area contributed by atoms with Crippen LogP contribution < -0.4 is 5.32 Å². The van der Waals surface area contributed by atoms with E-state index < -0.39 is 0 Å². The molecule has 1 aliphatic rings. The molecule has 84 valence electrons. The van der Waals surface area contributed by atoms with Gasteiger partial charge in [-0.25, -0.2) is 0 Å². The Balaban J connectivity index is 2.04. The van der Waals surface area contributed by atoms with E-state index in [0.717, 1.165) is 24.4 Å². The van der Waals surface area contributed by atoms with E-state index in [4.69, 9.17) is 9.63 Å². The number of aliphatic hydroxyl groups is 1. The van der Waals surface area contributed by atoms with Crippen molar-refractivity contribution in [1.82, 2.24) is 10.5 Å². The van der Waals surface area contributed by atoms with Crippen molar-refractivity contribution < 1.29 is 9.63 Å². The quantitative estimate of drug-likeness (QED) is 0.792. The van der Waals surface area contributed by atoms with E-state index in [1.54, 1.807) is 0 Å². The number of aliphatic hydroxyl groups excluding tert-OH is 1. The van der Waals surface area contributed by atoms with Crippen LogP contribution in [0.3, 0.4) is 0 Å². The van der Waals surface area contributed by atoms with Gasteiger partial charge in [-0.05, 0) is 12.3 Å². The van der Waals surface area contributed by atoms with Gasteiger partial charge in [-0.2, -0.15) is 0 Å². The summed E-state index contributed by atoms with van der Waals surface area (Å²) in [6, 6.07) is 2.26. The van der Waals surface area contributed by atoms with Crippen molar-refractivity contribution in [1.29, 1.82) is 0 Å². The van der Waals surface area contributed by atoms with Gasteiger partial charge in [0, 0.05) is 25.1 Å². The molecular weight excluding hydrogens is 192 g/mol. The van der Waals surface area contributed by atoms with Crippen LogP contribution in [0.4, 0.5) is 0 Å². The van der Waals surface area contributed by atoms with Crippen LogP contribution in [-0.2, 0) is 0 Å². The first kappa shape index (κ1) is 10.6. The van der Waals surface area contributed by atoms with E-state index in [1.807, 2.05) is 6.07 Å². The molecule has 1 fully saturated rings. The number of nitrogens with zero attached hydrogens (tertiary/aromatic N) is 1. The second-order valence-electron chi connectivity index (χ2n) is 4.55. The van der Waals surface area contributed by atoms with Crippen LogP contribution in [0.5, 0.6) is 0 Å². The summed E-state index contributed by atoms with van der Waals surface area (Å²) in [5, 5.41) is 16.5. The van der Waals surface area contributed by atoms with Gasteiger partial charge in [0.15, 0.2) is 0 Å². The summed E-state index contributed by atoms with van der Waals surface area (Å²) in [5.41, 5.74) is 0.967. The monoisotopic (exact) mass is 210 g/mol. The Labute approximate surface area is 89.7 Å². The fraction of sp³-hybridized carbons (Fsp3) is 0.727. The summed E-state index contributed by atoms with van der Waals surface area (Å²) in [5.74, 6) is 1.66. The predicted molar refractivity (Wildman–Crippen MR) is 56.5 cm³/mol. The number of aromatic nitrogens is 1. The molecule has 2 atom stereocenters. The average molecular weight is 210 g/mol. The molecule has 1 aromatic rings. The Hall–Kier alpha value is -0.870. The third-order valence-electron chi connectivity index (χ3n) is 2.95. The standard InChI is InChI=1S/C11H18N2O2/c1-7(2)11-4-10(13-15-11)9-3-8(6-14)5-12-9/h4,7-9,12,14H,3,5-6H2,1-2H3. The van der Waals surface area contributed by atoms with Crippen molar-refractivity contribution in [2.75, 3.05) is 13.2 Å². The van der Waals surface area contributed by atoms with Crippen LogP contribution in [0, 0.1) is 5.92 Å². The summed E-state index contributed by atoms with van der Waals surface area (Å²) >= 11 is 0. The molecule has 0 spiro atoms. The molecule has 2 unspecified atom stereocenters. The summed E-state index contributed by atoms with van der Waals surface area (Å²) in [6.07, 6.45) is 0.945. The lowest BCUT2D eigenvalue weighted by Crippen LogP contribution is -2.14. The molecule has 0 saturated carbocycles. The van der Waals surface area contributed by atoms with Gasteiger partial charge in [-0.1, -0.05) is 19.0 Å². The maximum Gasteiger partial charge on any atom is 0.139 e. The highest BCUT2D eigenvalue weighted by molar-refractivity contribution is 5.13. The second-order valence-corrected chi connectivity index (χ2v) is 4.55. The zero-order valence-electron chi connectivity index (χ0n) is 9.23. The molecule has 0 bridgehead atoms. The van der Waals surface area contributed by atoms with Gasteiger partial charge in [-0.3, -0.25) is 0 Å². The van der Waals surface area contributed by atoms with Crippen molar-refractivity contribution >= 4 is 0 Å². The zero-order valence-corrected chi connectivity index (χ0v) is 9.23. The van der Waals surface area contributed by atoms with Gasteiger partial charge in [0.05, 0.1) is 6.04 Å². The molecule has 0 aromatic carbocycles. The van der Waals surface area contributed by atoms with Gasteiger partial charge < -0.3 is 14.9 Å². The molecule has 0 amide bonds. The molecule has 4 nitrogen and oxygen atoms in total. The van der Waals surface area contributed by atoms with Crippen molar-refractivity contribution in [2.45, 2.75) is 32.2 Å². The van der Waals surface area contributed by atoms with Crippen LogP contribution >= 0.6 is 0 Å². The second kappa shape index (κ2) is 4.33. The highest BCUT2D eigenvalue weighted by Gasteiger charge is 2.27. The minimum Gasteiger partial charge on any atom is -0.396 e. The van der Waals surface area contributed by atoms with Gasteiger partial charge in [0.25, 0.3) is 0 Å². The third kappa shape index (κ3) is 2.21. The molecule has 15 heavy (non-hydrogen) atoms. The lowest BCUT2D eigenvalue weighted by atomic mass is 10.0. The molecule has 2 heterocycles. The van der Waals surface area contributed by atoms with Gasteiger partial charge in [0.1, 0.15) is 11.5 Å². The molecule has 0 radical (unpaired) electrons. The van der Waals surface area contributed by atoms with Crippen molar-refractivity contribution in [3.05, 3.63) is 17.5 Å². The van der Waals surface area contributed by atoms with E-state index >= 15 is 0 Å². The highest BCUT2D eigenvalue weighted by atomic mass is 16.5. The number of nitrogens with one attached hydrogen (secondary N) is 1. The van der Waals surface area contributed by atoms with E-state index in [9.17, 15) is 0 Å². The molecule has 1 saturated heterocycles. The fourth-order valence-corrected chi connectivity index (χ4v) is 1.91. The smallest absolute Gasteiger partial charge is 0.139 e. The van der Waals surface area contributed by atoms with Crippen molar-refractivity contribution in [3.63, 3.8) is 0 Å². The van der Waals surface area contributed by atoms with Crippen LogP contribution in [0.25, 0.3) is 0 Å². The van der Waals surface area contributed by atoms with Crippen LogP contribution in [0.1, 0.15) is 43.7 Å². The van der Waals surface area contributed by atoms with Crippen molar-refractivity contribution in [3.8, 4) is 0 Å². The minimum absolute atomic E-state index is 0.248. The molecule has 1 aliphatic heterocycles. The van der Waals surface area contributed by atoms with E-state index in [0.29, 0.717) is 11.8 Å². The summed E-state index contributed by atoms with van der Waals surface area (Å²) in [7, 11) is 0. The largest absolute Gasteiger partial charge is 0.396 e. The zero-order chi connectivity index (χ0) is 10.8. The highest BCUT2D eigenvalue weighted by Crippen LogP contribution is 2.27. The lowest BCUT2D eigenvalue weighted by molar-refractivity contribution is 0.235. The van der Waals surface area contributed by atoms with Crippen LogP contribution in [-0.4, -0.2) is 23.4 Å². The first-order valence-electron chi connectivity index (χ1n) is 5.51. The molecule has 0 aliphatic carbocycles. The third-order valence-corrected chi connectivity index (χ3v) is 2.95. The minimum atomic E-state index is 0.248. The Morgan fingerprint density at radius 2 is 2.47 bits per heavy atom. The Morgan fingerprint density at radius 3 is 3.00 bits per heavy atom. The molecule has 4 heteroatoms. The maximum atomic E-state index is 9.04. The average Bonchev–Trinajstić information content (AvgIpc) is 2.86. The molecule has 2 rings (SSSR count). The molecular formula is C11H18N2O2. The number of hydrogen-bond donors (Lipinski definition) is 2. The normalized spacial score (nSPS) is 26.4. The van der Waals surface area contributed by atoms with Gasteiger partial charge in [0.2, 0.25) is 0 Å². The predicted octanol–water partition coefficient (Wildman–Crippen LogP) is 1.44. The SMILES string of the molecule is CC(C)c1cc(C2CC(CO)CN2)no1. The fourth-order valence-electron chi connectivity index (χ4n) is 1.91. The molecule has 1 aromatic heterocycles. The Bertz CT molecular complexity index is 322. The van der Waals surface area contributed by atoms with Crippen molar-refractivity contribution in [2.24, 2.45) is 5.92 Å². The number of rotatable bonds is 3. The lowest BCUT2D eigenvalue weighted by Gasteiger charge is -2.04. The van der Waals surface area contributed by atoms with E-state index in [1.165, 1.54) is 0 Å². The topological polar surface area (TPSA) is 58.3 Å². The van der Waals surface area contributed by atoms with E-state index in [-0.39, 0.29) is 12.6 Å². The number of hydrogen-bond acceptors (Lipinski definition) is 4. The van der Waals surface area contributed by atoms with Gasteiger partial charge >= 0.3 is 0 Å². The first-order valence-corrected chi connectivity index (χ1v) is 5.51. The van der Waals surface area contributed by atoms with Gasteiger partial charge in [-0.15, -0.1) is 0 Å². The van der Waals surface area contributed by atoms with Crippen LogP contribution in [0.2, 0.25) is 0 Å². The van der Waals surface area contributed by atoms with Crippen LogP contribution in [0.15, 0.2) is 10.6 Å².